The molecule has 1 aliphatic carbocycles. The first-order valence-corrected chi connectivity index (χ1v) is 9.91. The summed E-state index contributed by atoms with van der Waals surface area (Å²) in [6, 6.07) is 0. The maximum absolute atomic E-state index is 12.7. The molecule has 4 nitrogen and oxygen atoms in total. The molecule has 1 saturated carbocycles. The molecule has 0 amide bonds. The van der Waals surface area contributed by atoms with E-state index in [0.717, 1.165) is 12.8 Å². The van der Waals surface area contributed by atoms with Gasteiger partial charge in [-0.15, -0.1) is 6.58 Å². The molecule has 0 aromatic rings. The second kappa shape index (κ2) is 9.09. The molecule has 21 heavy (non-hydrogen) atoms. The van der Waals surface area contributed by atoms with Crippen molar-refractivity contribution in [2.24, 2.45) is 5.92 Å². The predicted molar refractivity (Wildman–Crippen MR) is 86.7 cm³/mol. The molecule has 0 aromatic carbocycles. The Morgan fingerprint density at radius 3 is 2.29 bits per heavy atom. The normalized spacial score (nSPS) is 20.1. The summed E-state index contributed by atoms with van der Waals surface area (Å²) < 4.78 is 23.4. The molecule has 0 bridgehead atoms. The number of rotatable bonds is 10. The summed E-state index contributed by atoms with van der Waals surface area (Å²) in [5.74, 6) is 0.500. The Morgan fingerprint density at radius 2 is 1.81 bits per heavy atom. The summed E-state index contributed by atoms with van der Waals surface area (Å²) >= 11 is 0. The Hall–Kier alpha value is -0.150. The van der Waals surface area contributed by atoms with Crippen LogP contribution in [0.2, 0.25) is 0 Å². The number of hydrogen-bond donors (Lipinski definition) is 1. The van der Waals surface area contributed by atoms with E-state index in [1.807, 2.05) is 0 Å². The Labute approximate surface area is 129 Å². The second-order valence-corrected chi connectivity index (χ2v) is 8.08. The maximum atomic E-state index is 12.7. The highest BCUT2D eigenvalue weighted by atomic mass is 31.2. The van der Waals surface area contributed by atoms with Gasteiger partial charge >= 0.3 is 7.60 Å². The van der Waals surface area contributed by atoms with Gasteiger partial charge in [0.15, 0.2) is 0 Å². The van der Waals surface area contributed by atoms with Gasteiger partial charge in [-0.25, -0.2) is 0 Å². The van der Waals surface area contributed by atoms with E-state index in [4.69, 9.17) is 9.05 Å². The molecule has 0 spiro atoms. The van der Waals surface area contributed by atoms with Crippen LogP contribution in [0.1, 0.15) is 58.8 Å². The molecule has 0 saturated heterocycles. The fourth-order valence-electron chi connectivity index (χ4n) is 3.29. The molecule has 0 radical (unpaired) electrons. The van der Waals surface area contributed by atoms with Gasteiger partial charge in [-0.3, -0.25) is 4.57 Å². The molecular formula is C16H31O4P. The first-order valence-electron chi connectivity index (χ1n) is 8.18. The minimum atomic E-state index is -3.24. The van der Waals surface area contributed by atoms with E-state index >= 15 is 0 Å². The highest BCUT2D eigenvalue weighted by Gasteiger charge is 2.39. The third-order valence-electron chi connectivity index (χ3n) is 4.06. The molecule has 5 heteroatoms. The van der Waals surface area contributed by atoms with Crippen LogP contribution < -0.4 is 0 Å². The Kier molecular flexibility index (Phi) is 8.18. The standard InChI is InChI=1S/C16H31O4P/c1-4-12-16(17,13-15-10-8-7-9-11-15)14-21(18,19-5-2)20-6-3/h4,15,17H,1,5-14H2,2-3H3. The minimum absolute atomic E-state index is 0.0597. The molecule has 1 unspecified atom stereocenters. The van der Waals surface area contributed by atoms with Crippen molar-refractivity contribution in [3.05, 3.63) is 12.7 Å². The summed E-state index contributed by atoms with van der Waals surface area (Å²) in [4.78, 5) is 0. The van der Waals surface area contributed by atoms with Gasteiger partial charge in [0.25, 0.3) is 0 Å². The van der Waals surface area contributed by atoms with Gasteiger partial charge < -0.3 is 14.2 Å². The van der Waals surface area contributed by atoms with Crippen molar-refractivity contribution in [3.8, 4) is 0 Å². The monoisotopic (exact) mass is 318 g/mol. The van der Waals surface area contributed by atoms with Crippen LogP contribution in [0.15, 0.2) is 12.7 Å². The highest BCUT2D eigenvalue weighted by Crippen LogP contribution is 2.52. The smallest absolute Gasteiger partial charge is 0.333 e. The first-order chi connectivity index (χ1) is 9.97. The van der Waals surface area contributed by atoms with Crippen molar-refractivity contribution >= 4 is 7.60 Å². The van der Waals surface area contributed by atoms with Gasteiger partial charge in [0, 0.05) is 0 Å². The van der Waals surface area contributed by atoms with Crippen molar-refractivity contribution < 1.29 is 18.7 Å². The topological polar surface area (TPSA) is 55.8 Å². The summed E-state index contributed by atoms with van der Waals surface area (Å²) in [6.45, 7) is 7.96. The van der Waals surface area contributed by atoms with Gasteiger partial charge in [-0.2, -0.15) is 0 Å². The molecule has 0 aromatic heterocycles. The van der Waals surface area contributed by atoms with Crippen molar-refractivity contribution in [2.75, 3.05) is 19.4 Å². The van der Waals surface area contributed by atoms with Crippen LogP contribution in [0.5, 0.6) is 0 Å². The third-order valence-corrected chi connectivity index (χ3v) is 6.34. The molecule has 1 N–H and O–H groups in total. The van der Waals surface area contributed by atoms with Gasteiger partial charge in [-0.1, -0.05) is 38.2 Å². The molecule has 1 aliphatic rings. The van der Waals surface area contributed by atoms with Crippen molar-refractivity contribution in [3.63, 3.8) is 0 Å². The summed E-state index contributed by atoms with van der Waals surface area (Å²) in [6.07, 6.45) is 8.87. The third kappa shape index (κ3) is 6.65. The van der Waals surface area contributed by atoms with Crippen molar-refractivity contribution in [1.82, 2.24) is 0 Å². The van der Waals surface area contributed by atoms with Crippen LogP contribution >= 0.6 is 7.60 Å². The number of hydrogen-bond acceptors (Lipinski definition) is 4. The molecule has 1 fully saturated rings. The lowest BCUT2D eigenvalue weighted by molar-refractivity contribution is 0.0267. The Bertz CT molecular complexity index is 342. The molecule has 0 heterocycles. The second-order valence-electron chi connectivity index (χ2n) is 6.03. The molecule has 124 valence electrons. The van der Waals surface area contributed by atoms with Crippen LogP contribution in [0.4, 0.5) is 0 Å². The summed E-state index contributed by atoms with van der Waals surface area (Å²) in [7, 11) is -3.24. The zero-order valence-electron chi connectivity index (χ0n) is 13.6. The molecule has 1 atom stereocenters. The van der Waals surface area contributed by atoms with Gasteiger partial charge in [-0.05, 0) is 32.6 Å². The van der Waals surface area contributed by atoms with E-state index in [1.165, 1.54) is 19.3 Å². The van der Waals surface area contributed by atoms with E-state index < -0.39 is 13.2 Å². The van der Waals surface area contributed by atoms with Crippen LogP contribution in [-0.4, -0.2) is 30.1 Å². The van der Waals surface area contributed by atoms with Crippen LogP contribution in [0.25, 0.3) is 0 Å². The maximum Gasteiger partial charge on any atom is 0.333 e. The summed E-state index contributed by atoms with van der Waals surface area (Å²) in [5.41, 5.74) is -1.04. The minimum Gasteiger partial charge on any atom is -0.389 e. The zero-order valence-corrected chi connectivity index (χ0v) is 14.4. The SMILES string of the molecule is C=CCC(O)(CC1CCCCC1)CP(=O)(OCC)OCC. The van der Waals surface area contributed by atoms with E-state index in [2.05, 4.69) is 6.58 Å². The average Bonchev–Trinajstić information content (AvgIpc) is 2.39. The lowest BCUT2D eigenvalue weighted by atomic mass is 9.80. The Balaban J connectivity index is 2.76. The molecule has 0 aliphatic heterocycles. The van der Waals surface area contributed by atoms with Gasteiger partial charge in [0.1, 0.15) is 0 Å². The fraction of sp³-hybridized carbons (Fsp3) is 0.875. The first kappa shape index (κ1) is 18.9. The van der Waals surface area contributed by atoms with Crippen molar-refractivity contribution in [1.29, 1.82) is 0 Å². The lowest BCUT2D eigenvalue weighted by Gasteiger charge is -2.34. The van der Waals surface area contributed by atoms with E-state index in [-0.39, 0.29) is 6.16 Å². The van der Waals surface area contributed by atoms with Crippen LogP contribution in [-0.2, 0) is 13.6 Å². The highest BCUT2D eigenvalue weighted by molar-refractivity contribution is 7.53. The van der Waals surface area contributed by atoms with Gasteiger partial charge in [0.05, 0.1) is 25.0 Å². The van der Waals surface area contributed by atoms with E-state index in [1.54, 1.807) is 19.9 Å². The largest absolute Gasteiger partial charge is 0.389 e. The predicted octanol–water partition coefficient (Wildman–Crippen LogP) is 4.53. The van der Waals surface area contributed by atoms with Gasteiger partial charge in [0.2, 0.25) is 0 Å². The fourth-order valence-corrected chi connectivity index (χ4v) is 5.32. The number of aliphatic hydroxyl groups is 1. The quantitative estimate of drug-likeness (QED) is 0.475. The van der Waals surface area contributed by atoms with Crippen LogP contribution in [0.3, 0.4) is 0 Å². The Morgan fingerprint density at radius 1 is 1.24 bits per heavy atom. The molecular weight excluding hydrogens is 287 g/mol. The van der Waals surface area contributed by atoms with Crippen molar-refractivity contribution in [2.45, 2.75) is 64.4 Å². The van der Waals surface area contributed by atoms with Crippen LogP contribution in [0, 0.1) is 5.92 Å². The van der Waals surface area contributed by atoms with E-state index in [0.29, 0.717) is 32.0 Å². The van der Waals surface area contributed by atoms with E-state index in [9.17, 15) is 9.67 Å². The molecule has 1 rings (SSSR count). The summed E-state index contributed by atoms with van der Waals surface area (Å²) in [5, 5.41) is 10.9. The lowest BCUT2D eigenvalue weighted by Crippen LogP contribution is -2.36. The zero-order chi connectivity index (χ0) is 15.8. The average molecular weight is 318 g/mol.